The Morgan fingerprint density at radius 1 is 1.33 bits per heavy atom. The normalized spacial score (nSPS) is 15.0. The molecule has 96 valence electrons. The summed E-state index contributed by atoms with van der Waals surface area (Å²) < 4.78 is 16.4. The molecule has 0 amide bonds. The topological polar surface area (TPSA) is 46.6 Å². The zero-order chi connectivity index (χ0) is 13.2. The van der Waals surface area contributed by atoms with Gasteiger partial charge in [0.05, 0.1) is 0 Å². The van der Waals surface area contributed by atoms with Crippen molar-refractivity contribution in [2.45, 2.75) is 32.4 Å². The SMILES string of the molecule is CC(C)(OC=O)N1C(=S=O)CCc2ccccc21. The molecule has 1 aromatic carbocycles. The molecule has 0 unspecified atom stereocenters. The van der Waals surface area contributed by atoms with Crippen LogP contribution in [0.3, 0.4) is 0 Å². The van der Waals surface area contributed by atoms with Crippen molar-refractivity contribution in [2.24, 2.45) is 0 Å². The summed E-state index contributed by atoms with van der Waals surface area (Å²) >= 11 is 0.467. The van der Waals surface area contributed by atoms with Crippen LogP contribution in [0, 0.1) is 0 Å². The summed E-state index contributed by atoms with van der Waals surface area (Å²) in [7, 11) is 0. The highest BCUT2D eigenvalue weighted by molar-refractivity contribution is 7.66. The predicted octanol–water partition coefficient (Wildman–Crippen LogP) is 1.69. The van der Waals surface area contributed by atoms with Gasteiger partial charge in [0.2, 0.25) is 0 Å². The van der Waals surface area contributed by atoms with Gasteiger partial charge in [-0.2, -0.15) is 0 Å². The zero-order valence-corrected chi connectivity index (χ0v) is 11.2. The van der Waals surface area contributed by atoms with Crippen molar-refractivity contribution in [1.82, 2.24) is 0 Å². The van der Waals surface area contributed by atoms with Crippen LogP contribution in [0.15, 0.2) is 24.3 Å². The number of benzene rings is 1. The molecule has 5 heteroatoms. The molecule has 0 fully saturated rings. The van der Waals surface area contributed by atoms with Crippen LogP contribution in [0.5, 0.6) is 0 Å². The van der Waals surface area contributed by atoms with E-state index in [2.05, 4.69) is 0 Å². The summed E-state index contributed by atoms with van der Waals surface area (Å²) in [5.74, 6) is 0. The zero-order valence-electron chi connectivity index (χ0n) is 10.4. The number of carbonyl (C=O) groups is 1. The van der Waals surface area contributed by atoms with Gasteiger partial charge in [0.25, 0.3) is 6.47 Å². The molecule has 1 aliphatic rings. The minimum Gasteiger partial charge on any atom is -0.441 e. The van der Waals surface area contributed by atoms with Crippen LogP contribution in [0.4, 0.5) is 5.69 Å². The van der Waals surface area contributed by atoms with E-state index < -0.39 is 5.72 Å². The summed E-state index contributed by atoms with van der Waals surface area (Å²) in [5.41, 5.74) is 1.25. The van der Waals surface area contributed by atoms with E-state index in [1.54, 1.807) is 13.8 Å². The second kappa shape index (κ2) is 4.94. The van der Waals surface area contributed by atoms with E-state index in [-0.39, 0.29) is 0 Å². The molecule has 18 heavy (non-hydrogen) atoms. The first-order valence-electron chi connectivity index (χ1n) is 5.75. The summed E-state index contributed by atoms with van der Waals surface area (Å²) in [4.78, 5) is 13.1. The van der Waals surface area contributed by atoms with Crippen molar-refractivity contribution in [3.63, 3.8) is 0 Å². The predicted molar refractivity (Wildman–Crippen MR) is 71.6 cm³/mol. The lowest BCUT2D eigenvalue weighted by Gasteiger charge is -2.41. The number of carbonyl (C=O) groups excluding carboxylic acids is 1. The van der Waals surface area contributed by atoms with Crippen LogP contribution in [0.2, 0.25) is 0 Å². The molecule has 0 aromatic heterocycles. The lowest BCUT2D eigenvalue weighted by atomic mass is 9.99. The molecule has 0 bridgehead atoms. The lowest BCUT2D eigenvalue weighted by molar-refractivity contribution is -0.139. The maximum Gasteiger partial charge on any atom is 0.295 e. The Hall–Kier alpha value is -1.62. The quantitative estimate of drug-likeness (QED) is 0.616. The molecular formula is C13H15NO3S. The minimum atomic E-state index is -0.856. The molecule has 0 saturated carbocycles. The summed E-state index contributed by atoms with van der Waals surface area (Å²) in [6.07, 6.45) is 1.52. The highest BCUT2D eigenvalue weighted by Crippen LogP contribution is 2.33. The number of anilines is 1. The molecule has 1 heterocycles. The van der Waals surface area contributed by atoms with Gasteiger partial charge in [0, 0.05) is 12.1 Å². The van der Waals surface area contributed by atoms with Gasteiger partial charge in [0.15, 0.2) is 5.72 Å². The third kappa shape index (κ3) is 2.18. The number of rotatable bonds is 3. The standard InChI is InChI=1S/C13H15NO3S/c1-13(2,17-9-15)14-11-6-4-3-5-10(11)7-8-12(14)18-16/h3-6,9H,7-8H2,1-2H3. The third-order valence-electron chi connectivity index (χ3n) is 3.06. The van der Waals surface area contributed by atoms with Crippen molar-refractivity contribution in [2.75, 3.05) is 4.90 Å². The van der Waals surface area contributed by atoms with Crippen molar-refractivity contribution < 1.29 is 13.7 Å². The van der Waals surface area contributed by atoms with E-state index in [1.807, 2.05) is 29.2 Å². The van der Waals surface area contributed by atoms with Crippen LogP contribution in [-0.4, -0.2) is 21.4 Å². The molecule has 0 radical (unpaired) electrons. The molecule has 0 spiro atoms. The summed E-state index contributed by atoms with van der Waals surface area (Å²) in [5, 5.41) is 0. The van der Waals surface area contributed by atoms with E-state index in [0.717, 1.165) is 17.7 Å². The fraction of sp³-hybridized carbons (Fsp3) is 0.385. The molecular weight excluding hydrogens is 250 g/mol. The number of para-hydroxylation sites is 1. The minimum absolute atomic E-state index is 0.421. The average Bonchev–Trinajstić information content (AvgIpc) is 2.37. The number of fused-ring (bicyclic) bond motifs is 1. The van der Waals surface area contributed by atoms with Crippen LogP contribution < -0.4 is 4.90 Å². The highest BCUT2D eigenvalue weighted by Gasteiger charge is 2.35. The molecule has 1 aliphatic heterocycles. The Balaban J connectivity index is 2.54. The molecule has 0 N–H and O–H groups in total. The first-order chi connectivity index (χ1) is 8.60. The van der Waals surface area contributed by atoms with Gasteiger partial charge in [-0.25, -0.2) is 4.21 Å². The first kappa shape index (κ1) is 12.8. The van der Waals surface area contributed by atoms with Crippen LogP contribution in [-0.2, 0) is 27.2 Å². The Labute approximate surface area is 110 Å². The third-order valence-corrected chi connectivity index (χ3v) is 3.64. The summed E-state index contributed by atoms with van der Waals surface area (Å²) in [6, 6.07) is 7.87. The Kier molecular flexibility index (Phi) is 3.52. The van der Waals surface area contributed by atoms with Crippen molar-refractivity contribution in [3.05, 3.63) is 29.8 Å². The number of hydrogen-bond acceptors (Lipinski definition) is 3. The lowest BCUT2D eigenvalue weighted by Crippen LogP contribution is -2.51. The fourth-order valence-electron chi connectivity index (χ4n) is 2.27. The smallest absolute Gasteiger partial charge is 0.295 e. The number of ether oxygens (including phenoxy) is 1. The van der Waals surface area contributed by atoms with Gasteiger partial charge in [-0.3, -0.25) is 9.69 Å². The monoisotopic (exact) mass is 265 g/mol. The Bertz CT molecular complexity index is 521. The number of hydrogen-bond donors (Lipinski definition) is 0. The van der Waals surface area contributed by atoms with Crippen molar-refractivity contribution >= 4 is 28.4 Å². The van der Waals surface area contributed by atoms with Gasteiger partial charge in [0.1, 0.15) is 16.2 Å². The molecule has 0 saturated heterocycles. The van der Waals surface area contributed by atoms with Crippen LogP contribution >= 0.6 is 0 Å². The largest absolute Gasteiger partial charge is 0.441 e. The number of nitrogens with zero attached hydrogens (tertiary/aromatic N) is 1. The maximum absolute atomic E-state index is 11.3. The second-order valence-electron chi connectivity index (χ2n) is 4.60. The molecule has 2 rings (SSSR count). The number of aryl methyl sites for hydroxylation is 1. The Morgan fingerprint density at radius 3 is 2.72 bits per heavy atom. The molecule has 0 aliphatic carbocycles. The van der Waals surface area contributed by atoms with Crippen molar-refractivity contribution in [1.29, 1.82) is 0 Å². The van der Waals surface area contributed by atoms with Crippen molar-refractivity contribution in [3.8, 4) is 0 Å². The molecule has 4 nitrogen and oxygen atoms in total. The van der Waals surface area contributed by atoms with Crippen LogP contribution in [0.25, 0.3) is 0 Å². The first-order valence-corrected chi connectivity index (χ1v) is 6.49. The van der Waals surface area contributed by atoms with E-state index in [1.165, 1.54) is 0 Å². The van der Waals surface area contributed by atoms with Gasteiger partial charge in [-0.15, -0.1) is 0 Å². The fourth-order valence-corrected chi connectivity index (χ4v) is 2.85. The second-order valence-corrected chi connectivity index (χ2v) is 5.24. The van der Waals surface area contributed by atoms with Gasteiger partial charge >= 0.3 is 0 Å². The highest BCUT2D eigenvalue weighted by atomic mass is 32.1. The van der Waals surface area contributed by atoms with E-state index >= 15 is 0 Å². The van der Waals surface area contributed by atoms with Gasteiger partial charge in [-0.05, 0) is 31.9 Å². The van der Waals surface area contributed by atoms with E-state index in [9.17, 15) is 9.00 Å². The van der Waals surface area contributed by atoms with Crippen LogP contribution in [0.1, 0.15) is 25.8 Å². The summed E-state index contributed by atoms with van der Waals surface area (Å²) in [6.45, 7) is 3.98. The van der Waals surface area contributed by atoms with E-state index in [4.69, 9.17) is 4.74 Å². The van der Waals surface area contributed by atoms with Gasteiger partial charge < -0.3 is 4.74 Å². The molecule has 1 aromatic rings. The van der Waals surface area contributed by atoms with E-state index in [0.29, 0.717) is 29.1 Å². The molecule has 0 atom stereocenters. The van der Waals surface area contributed by atoms with Gasteiger partial charge in [-0.1, -0.05) is 18.2 Å². The maximum atomic E-state index is 11.3. The Morgan fingerprint density at radius 2 is 2.06 bits per heavy atom. The average molecular weight is 265 g/mol.